The van der Waals surface area contributed by atoms with Gasteiger partial charge in [0.2, 0.25) is 5.76 Å². The van der Waals surface area contributed by atoms with E-state index < -0.39 is 0 Å². The smallest absolute Gasteiger partial charge is 0.338 e. The van der Waals surface area contributed by atoms with Crippen molar-refractivity contribution in [2.75, 3.05) is 0 Å². The van der Waals surface area contributed by atoms with Crippen LogP contribution in [0.2, 0.25) is 0 Å². The third-order valence-electron chi connectivity index (χ3n) is 3.28. The summed E-state index contributed by atoms with van der Waals surface area (Å²) in [6.45, 7) is 3.92. The quantitative estimate of drug-likeness (QED) is 0.683. The minimum atomic E-state index is -0.375. The predicted molar refractivity (Wildman–Crippen MR) is 79.2 cm³/mol. The summed E-state index contributed by atoms with van der Waals surface area (Å²) in [5, 5.41) is 3.86. The molecule has 5 heteroatoms. The summed E-state index contributed by atoms with van der Waals surface area (Å²) < 4.78 is 15.6. The summed E-state index contributed by atoms with van der Waals surface area (Å²) in [5.74, 6) is 0.710. The molecule has 0 unspecified atom stereocenters. The zero-order valence-electron chi connectivity index (χ0n) is 12.3. The second-order valence-electron chi connectivity index (χ2n) is 5.05. The largest absolute Gasteiger partial charge is 0.461 e. The summed E-state index contributed by atoms with van der Waals surface area (Å²) in [6.07, 6.45) is 1.55. The van der Waals surface area contributed by atoms with Crippen molar-refractivity contribution < 1.29 is 18.5 Å². The Morgan fingerprint density at radius 3 is 2.77 bits per heavy atom. The average Bonchev–Trinajstić information content (AvgIpc) is 3.16. The van der Waals surface area contributed by atoms with Gasteiger partial charge in [-0.05, 0) is 37.6 Å². The summed E-state index contributed by atoms with van der Waals surface area (Å²) in [5.41, 5.74) is 3.08. The second kappa shape index (κ2) is 5.89. The van der Waals surface area contributed by atoms with Crippen LogP contribution < -0.4 is 0 Å². The predicted octanol–water partition coefficient (Wildman–Crippen LogP) is 3.91. The van der Waals surface area contributed by atoms with Crippen LogP contribution in [0.1, 0.15) is 27.2 Å². The van der Waals surface area contributed by atoms with E-state index >= 15 is 0 Å². The van der Waals surface area contributed by atoms with Gasteiger partial charge in [0.15, 0.2) is 5.76 Å². The van der Waals surface area contributed by atoms with Crippen molar-refractivity contribution >= 4 is 5.97 Å². The highest BCUT2D eigenvalue weighted by atomic mass is 16.5. The molecule has 3 aromatic rings. The van der Waals surface area contributed by atoms with E-state index in [-0.39, 0.29) is 12.6 Å². The molecule has 0 radical (unpaired) electrons. The van der Waals surface area contributed by atoms with Crippen LogP contribution in [0.3, 0.4) is 0 Å². The van der Waals surface area contributed by atoms with Crippen molar-refractivity contribution in [3.05, 3.63) is 65.0 Å². The van der Waals surface area contributed by atoms with Crippen LogP contribution in [0.4, 0.5) is 0 Å². The van der Waals surface area contributed by atoms with E-state index in [1.807, 2.05) is 26.0 Å². The van der Waals surface area contributed by atoms with E-state index in [2.05, 4.69) is 5.16 Å². The van der Waals surface area contributed by atoms with Crippen LogP contribution in [0, 0.1) is 13.8 Å². The Bertz CT molecular complexity index is 787. The second-order valence-corrected chi connectivity index (χ2v) is 5.05. The molecule has 2 heterocycles. The topological polar surface area (TPSA) is 65.5 Å². The number of hydrogen-bond acceptors (Lipinski definition) is 5. The first kappa shape index (κ1) is 14.1. The van der Waals surface area contributed by atoms with Gasteiger partial charge in [-0.15, -0.1) is 0 Å². The Hall–Kier alpha value is -2.82. The maximum absolute atomic E-state index is 12.1. The van der Waals surface area contributed by atoms with Gasteiger partial charge >= 0.3 is 5.97 Å². The lowest BCUT2D eigenvalue weighted by molar-refractivity contribution is 0.0463. The Labute approximate surface area is 127 Å². The average molecular weight is 297 g/mol. The van der Waals surface area contributed by atoms with Crippen LogP contribution in [0.5, 0.6) is 0 Å². The molecule has 0 atom stereocenters. The molecule has 0 aliphatic heterocycles. The Kier molecular flexibility index (Phi) is 3.78. The molecule has 2 aromatic heterocycles. The number of benzene rings is 1. The zero-order valence-corrected chi connectivity index (χ0v) is 12.3. The van der Waals surface area contributed by atoms with E-state index in [0.29, 0.717) is 22.8 Å². The molecule has 0 amide bonds. The summed E-state index contributed by atoms with van der Waals surface area (Å²) in [4.78, 5) is 12.1. The molecular formula is C17H15NO4. The molecule has 3 rings (SSSR count). The number of aromatic nitrogens is 1. The van der Waals surface area contributed by atoms with Gasteiger partial charge in [0.25, 0.3) is 0 Å². The fraction of sp³-hybridized carbons (Fsp3) is 0.176. The molecule has 22 heavy (non-hydrogen) atoms. The Morgan fingerprint density at radius 1 is 1.18 bits per heavy atom. The van der Waals surface area contributed by atoms with Crippen molar-refractivity contribution in [2.24, 2.45) is 0 Å². The fourth-order valence-electron chi connectivity index (χ4n) is 2.17. The number of nitrogens with zero attached hydrogens (tertiary/aromatic N) is 1. The highest BCUT2D eigenvalue weighted by Crippen LogP contribution is 2.21. The Balaban J connectivity index is 1.66. The van der Waals surface area contributed by atoms with Crippen molar-refractivity contribution in [2.45, 2.75) is 20.5 Å². The van der Waals surface area contributed by atoms with Crippen LogP contribution in [-0.4, -0.2) is 11.1 Å². The molecule has 0 aliphatic carbocycles. The molecular weight excluding hydrogens is 282 g/mol. The van der Waals surface area contributed by atoms with Crippen LogP contribution >= 0.6 is 0 Å². The number of rotatable bonds is 4. The zero-order chi connectivity index (χ0) is 15.5. The highest BCUT2D eigenvalue weighted by Gasteiger charge is 2.13. The molecule has 0 N–H and O–H groups in total. The number of esters is 1. The minimum absolute atomic E-state index is 0.0519. The first-order valence-corrected chi connectivity index (χ1v) is 6.87. The van der Waals surface area contributed by atoms with E-state index in [1.54, 1.807) is 30.5 Å². The van der Waals surface area contributed by atoms with Crippen LogP contribution in [0.25, 0.3) is 11.5 Å². The van der Waals surface area contributed by atoms with Crippen molar-refractivity contribution in [1.29, 1.82) is 0 Å². The van der Waals surface area contributed by atoms with Crippen molar-refractivity contribution in [3.63, 3.8) is 0 Å². The van der Waals surface area contributed by atoms with Crippen molar-refractivity contribution in [1.82, 2.24) is 5.16 Å². The lowest BCUT2D eigenvalue weighted by Crippen LogP contribution is -2.07. The van der Waals surface area contributed by atoms with Gasteiger partial charge in [0.1, 0.15) is 12.3 Å². The Morgan fingerprint density at radius 2 is 2.05 bits per heavy atom. The van der Waals surface area contributed by atoms with E-state index in [4.69, 9.17) is 13.7 Å². The van der Waals surface area contributed by atoms with Gasteiger partial charge in [0, 0.05) is 6.07 Å². The monoisotopic (exact) mass is 297 g/mol. The SMILES string of the molecule is Cc1ccc(C(=O)OCc2cc(-c3ccco3)on2)c(C)c1. The summed E-state index contributed by atoms with van der Waals surface area (Å²) in [7, 11) is 0. The fourth-order valence-corrected chi connectivity index (χ4v) is 2.17. The van der Waals surface area contributed by atoms with Gasteiger partial charge < -0.3 is 13.7 Å². The van der Waals surface area contributed by atoms with E-state index in [9.17, 15) is 4.79 Å². The van der Waals surface area contributed by atoms with Gasteiger partial charge in [-0.2, -0.15) is 0 Å². The number of hydrogen-bond donors (Lipinski definition) is 0. The van der Waals surface area contributed by atoms with Gasteiger partial charge in [-0.1, -0.05) is 22.9 Å². The number of carbonyl (C=O) groups is 1. The highest BCUT2D eigenvalue weighted by molar-refractivity contribution is 5.91. The molecule has 112 valence electrons. The van der Waals surface area contributed by atoms with Crippen molar-refractivity contribution in [3.8, 4) is 11.5 Å². The lowest BCUT2D eigenvalue weighted by Gasteiger charge is -2.06. The molecule has 1 aromatic carbocycles. The molecule has 0 aliphatic rings. The first-order valence-electron chi connectivity index (χ1n) is 6.87. The van der Waals surface area contributed by atoms with E-state index in [0.717, 1.165) is 11.1 Å². The summed E-state index contributed by atoms with van der Waals surface area (Å²) in [6, 6.07) is 10.8. The molecule has 5 nitrogen and oxygen atoms in total. The third-order valence-corrected chi connectivity index (χ3v) is 3.28. The first-order chi connectivity index (χ1) is 10.6. The van der Waals surface area contributed by atoms with Gasteiger partial charge in [-0.25, -0.2) is 4.79 Å². The van der Waals surface area contributed by atoms with Gasteiger partial charge in [0.05, 0.1) is 11.8 Å². The molecule has 0 fully saturated rings. The molecule has 0 bridgehead atoms. The summed E-state index contributed by atoms with van der Waals surface area (Å²) >= 11 is 0. The molecule has 0 saturated heterocycles. The van der Waals surface area contributed by atoms with Crippen LogP contribution in [0.15, 0.2) is 51.6 Å². The molecule has 0 spiro atoms. The van der Waals surface area contributed by atoms with Gasteiger partial charge in [-0.3, -0.25) is 0 Å². The normalized spacial score (nSPS) is 10.6. The van der Waals surface area contributed by atoms with Crippen LogP contribution in [-0.2, 0) is 11.3 Å². The number of furan rings is 1. The maximum atomic E-state index is 12.1. The standard InChI is InChI=1S/C17H15NO4/c1-11-5-6-14(12(2)8-11)17(19)21-10-13-9-16(22-18-13)15-4-3-7-20-15/h3-9H,10H2,1-2H3. The maximum Gasteiger partial charge on any atom is 0.338 e. The number of aryl methyl sites for hydroxylation is 2. The third kappa shape index (κ3) is 2.93. The van der Waals surface area contributed by atoms with E-state index in [1.165, 1.54) is 0 Å². The number of carbonyl (C=O) groups excluding carboxylic acids is 1. The molecule has 0 saturated carbocycles. The lowest BCUT2D eigenvalue weighted by atomic mass is 10.1. The minimum Gasteiger partial charge on any atom is -0.461 e. The number of ether oxygens (including phenoxy) is 1.